The molecule has 0 amide bonds. The molecule has 98 valence electrons. The van der Waals surface area contributed by atoms with Gasteiger partial charge in [-0.3, -0.25) is 0 Å². The molecule has 18 heavy (non-hydrogen) atoms. The Kier molecular flexibility index (Phi) is 4.50. The second-order valence-corrected chi connectivity index (χ2v) is 4.90. The third kappa shape index (κ3) is 3.68. The lowest BCUT2D eigenvalue weighted by Gasteiger charge is -2.09. The van der Waals surface area contributed by atoms with E-state index in [0.29, 0.717) is 5.92 Å². The first-order valence-corrected chi connectivity index (χ1v) is 6.65. The van der Waals surface area contributed by atoms with Crippen molar-refractivity contribution >= 4 is 0 Å². The largest absolute Gasteiger partial charge is 0.337 e. The maximum atomic E-state index is 4.33. The summed E-state index contributed by atoms with van der Waals surface area (Å²) in [6, 6.07) is 0. The molecule has 2 aromatic heterocycles. The summed E-state index contributed by atoms with van der Waals surface area (Å²) in [5, 5.41) is 4.33. The molecule has 2 rings (SSSR count). The summed E-state index contributed by atoms with van der Waals surface area (Å²) in [7, 11) is 0. The van der Waals surface area contributed by atoms with Crippen LogP contribution in [0.5, 0.6) is 0 Å². The van der Waals surface area contributed by atoms with Gasteiger partial charge in [0.25, 0.3) is 6.33 Å². The van der Waals surface area contributed by atoms with Crippen LogP contribution in [0, 0.1) is 5.92 Å². The highest BCUT2D eigenvalue weighted by atomic mass is 15.3. The van der Waals surface area contributed by atoms with Gasteiger partial charge in [0.2, 0.25) is 6.33 Å². The fourth-order valence-corrected chi connectivity index (χ4v) is 2.04. The quantitative estimate of drug-likeness (QED) is 0.697. The van der Waals surface area contributed by atoms with Crippen LogP contribution < -0.4 is 4.57 Å². The van der Waals surface area contributed by atoms with Crippen LogP contribution in [-0.4, -0.2) is 19.3 Å². The lowest BCUT2D eigenvalue weighted by atomic mass is 10.1. The maximum Gasteiger partial charge on any atom is 0.265 e. The van der Waals surface area contributed by atoms with Crippen molar-refractivity contribution < 1.29 is 4.57 Å². The van der Waals surface area contributed by atoms with Gasteiger partial charge in [-0.25, -0.2) is 9.55 Å². The van der Waals surface area contributed by atoms with E-state index >= 15 is 0 Å². The van der Waals surface area contributed by atoms with Crippen LogP contribution in [-0.2, 0) is 19.6 Å². The molecule has 5 heteroatoms. The van der Waals surface area contributed by atoms with Crippen molar-refractivity contribution in [1.82, 2.24) is 19.3 Å². The monoisotopic (exact) mass is 248 g/mol. The molecule has 1 unspecified atom stereocenters. The molecule has 0 aliphatic heterocycles. The van der Waals surface area contributed by atoms with Crippen LogP contribution in [0.3, 0.4) is 0 Å². The highest BCUT2D eigenvalue weighted by Crippen LogP contribution is 2.04. The van der Waals surface area contributed by atoms with E-state index in [0.717, 1.165) is 32.5 Å². The Bertz CT molecular complexity index is 446. The number of aromatic nitrogens is 5. The fourth-order valence-electron chi connectivity index (χ4n) is 2.04. The highest BCUT2D eigenvalue weighted by Gasteiger charge is 2.09. The van der Waals surface area contributed by atoms with Crippen molar-refractivity contribution in [3.8, 4) is 0 Å². The van der Waals surface area contributed by atoms with Crippen molar-refractivity contribution in [3.05, 3.63) is 31.4 Å². The van der Waals surface area contributed by atoms with E-state index in [-0.39, 0.29) is 0 Å². The Morgan fingerprint density at radius 1 is 1.33 bits per heavy atom. The number of rotatable bonds is 7. The second kappa shape index (κ2) is 6.33. The van der Waals surface area contributed by atoms with Gasteiger partial charge in [-0.1, -0.05) is 13.8 Å². The van der Waals surface area contributed by atoms with E-state index in [9.17, 15) is 0 Å². The second-order valence-electron chi connectivity index (χ2n) is 4.90. The minimum atomic E-state index is 0.636. The molecule has 0 fully saturated rings. The van der Waals surface area contributed by atoms with Crippen LogP contribution in [0.2, 0.25) is 0 Å². The lowest BCUT2D eigenvalue weighted by Crippen LogP contribution is -2.35. The summed E-state index contributed by atoms with van der Waals surface area (Å²) in [5.74, 6) is 0.636. The molecule has 2 aromatic rings. The lowest BCUT2D eigenvalue weighted by molar-refractivity contribution is -0.703. The van der Waals surface area contributed by atoms with Gasteiger partial charge in [-0.05, 0) is 18.8 Å². The molecule has 0 aliphatic rings. The van der Waals surface area contributed by atoms with Crippen LogP contribution in [0.1, 0.15) is 26.7 Å². The molecular weight excluding hydrogens is 226 g/mol. The Hall–Kier alpha value is -1.65. The van der Waals surface area contributed by atoms with Gasteiger partial charge in [0.1, 0.15) is 6.54 Å². The Morgan fingerprint density at radius 3 is 2.94 bits per heavy atom. The normalized spacial score (nSPS) is 12.8. The molecule has 0 saturated carbocycles. The summed E-state index contributed by atoms with van der Waals surface area (Å²) in [6.07, 6.45) is 12.0. The van der Waals surface area contributed by atoms with Gasteiger partial charge in [0.15, 0.2) is 0 Å². The van der Waals surface area contributed by atoms with E-state index in [1.807, 2.05) is 29.7 Å². The average Bonchev–Trinajstić information content (AvgIpc) is 2.99. The Labute approximate surface area is 108 Å². The van der Waals surface area contributed by atoms with E-state index in [1.54, 1.807) is 0 Å². The average molecular weight is 248 g/mol. The number of hydrogen-bond donors (Lipinski definition) is 0. The van der Waals surface area contributed by atoms with E-state index < -0.39 is 0 Å². The van der Waals surface area contributed by atoms with Gasteiger partial charge >= 0.3 is 0 Å². The topological polar surface area (TPSA) is 39.5 Å². The van der Waals surface area contributed by atoms with Gasteiger partial charge in [0.05, 0.1) is 12.9 Å². The van der Waals surface area contributed by atoms with Gasteiger partial charge in [0, 0.05) is 24.0 Å². The van der Waals surface area contributed by atoms with Gasteiger partial charge < -0.3 is 4.57 Å². The molecule has 0 bridgehead atoms. The molecule has 0 aliphatic carbocycles. The molecule has 0 saturated heterocycles. The first-order chi connectivity index (χ1) is 8.78. The summed E-state index contributed by atoms with van der Waals surface area (Å²) in [6.45, 7) is 7.50. The fraction of sp³-hybridized carbons (Fsp3) is 0.615. The smallest absolute Gasteiger partial charge is 0.265 e. The third-order valence-corrected chi connectivity index (χ3v) is 3.04. The van der Waals surface area contributed by atoms with Crippen LogP contribution in [0.4, 0.5) is 0 Å². The molecule has 2 heterocycles. The van der Waals surface area contributed by atoms with Crippen LogP contribution in [0.15, 0.2) is 31.4 Å². The Morgan fingerprint density at radius 2 is 2.22 bits per heavy atom. The summed E-state index contributed by atoms with van der Waals surface area (Å²) < 4.78 is 6.30. The van der Waals surface area contributed by atoms with Crippen LogP contribution >= 0.6 is 0 Å². The number of nitrogens with zero attached hydrogens (tertiary/aromatic N) is 5. The number of imidazole rings is 1. The SMILES string of the molecule is CCCn1c[n+](CC(C)CCn2ccnc2)cn1. The molecule has 0 spiro atoms. The molecule has 0 radical (unpaired) electrons. The first kappa shape index (κ1) is 12.8. The minimum absolute atomic E-state index is 0.636. The predicted octanol–water partition coefficient (Wildman–Crippen LogP) is 1.50. The third-order valence-electron chi connectivity index (χ3n) is 3.04. The van der Waals surface area contributed by atoms with Crippen molar-refractivity contribution in [2.24, 2.45) is 5.92 Å². The van der Waals surface area contributed by atoms with Crippen molar-refractivity contribution in [3.63, 3.8) is 0 Å². The standard InChI is InChI=1S/C13H22N5/c1-3-6-18-12-17(11-15-18)9-13(2)4-7-16-8-5-14-10-16/h5,8,10-13H,3-4,6-7,9H2,1-2H3/q+1. The maximum absolute atomic E-state index is 4.33. The molecule has 5 nitrogen and oxygen atoms in total. The van der Waals surface area contributed by atoms with Crippen molar-refractivity contribution in [2.75, 3.05) is 0 Å². The molecular formula is C13H22N5+. The summed E-state index contributed by atoms with van der Waals surface area (Å²) in [4.78, 5) is 4.05. The zero-order valence-corrected chi connectivity index (χ0v) is 11.2. The predicted molar refractivity (Wildman–Crippen MR) is 68.7 cm³/mol. The molecule has 0 aromatic carbocycles. The van der Waals surface area contributed by atoms with E-state index in [4.69, 9.17) is 0 Å². The van der Waals surface area contributed by atoms with E-state index in [1.165, 1.54) is 0 Å². The zero-order valence-electron chi connectivity index (χ0n) is 11.2. The summed E-state index contributed by atoms with van der Waals surface area (Å²) >= 11 is 0. The van der Waals surface area contributed by atoms with Crippen LogP contribution in [0.25, 0.3) is 0 Å². The van der Waals surface area contributed by atoms with Crippen molar-refractivity contribution in [1.29, 1.82) is 0 Å². The number of aryl methyl sites for hydroxylation is 2. The minimum Gasteiger partial charge on any atom is -0.337 e. The number of hydrogen-bond acceptors (Lipinski definition) is 2. The molecule has 1 atom stereocenters. The highest BCUT2D eigenvalue weighted by molar-refractivity contribution is 4.73. The van der Waals surface area contributed by atoms with Crippen molar-refractivity contribution in [2.45, 2.75) is 46.3 Å². The Balaban J connectivity index is 1.77. The summed E-state index contributed by atoms with van der Waals surface area (Å²) in [5.41, 5.74) is 0. The molecule has 0 N–H and O–H groups in total. The van der Waals surface area contributed by atoms with Gasteiger partial charge in [-0.15, -0.1) is 4.68 Å². The first-order valence-electron chi connectivity index (χ1n) is 6.65. The van der Waals surface area contributed by atoms with E-state index in [2.05, 4.69) is 39.4 Å². The van der Waals surface area contributed by atoms with Gasteiger partial charge in [-0.2, -0.15) is 0 Å². The zero-order chi connectivity index (χ0) is 12.8.